The van der Waals surface area contributed by atoms with E-state index in [0.717, 1.165) is 35.2 Å². The van der Waals surface area contributed by atoms with Gasteiger partial charge in [0.2, 0.25) is 0 Å². The molecule has 0 aromatic heterocycles. The third-order valence-corrected chi connectivity index (χ3v) is 7.73. The number of aromatic carboxylic acids is 1. The fraction of sp³-hybridized carbons (Fsp3) is 0.406. The molecule has 0 unspecified atom stereocenters. The molecule has 0 saturated carbocycles. The standard InChI is InChI=1S/C32H38FNO5/c1-20-9-10-23(16-29(20)33)17-30-31(38-4)13-14-34(30)18-25(35)19-39-22(3)27-7-5-6-8-28(27)24-11-12-26(32(36)37)21(2)15-24/h5-12,15-16,22,25,30-31,35H,13-14,17-19H2,1-4H3,(H,36,37)/t22-,25-,30-,31+/m1/s1. The maximum atomic E-state index is 14.1. The van der Waals surface area contributed by atoms with E-state index in [-0.39, 0.29) is 36.2 Å². The van der Waals surface area contributed by atoms with Crippen LogP contribution in [0.2, 0.25) is 0 Å². The summed E-state index contributed by atoms with van der Waals surface area (Å²) in [5, 5.41) is 20.3. The number of nitrogens with zero attached hydrogens (tertiary/aromatic N) is 1. The number of carboxylic acid groups (broad SMARTS) is 1. The van der Waals surface area contributed by atoms with E-state index >= 15 is 0 Å². The fourth-order valence-corrected chi connectivity index (χ4v) is 5.51. The van der Waals surface area contributed by atoms with Crippen LogP contribution in [0.15, 0.2) is 60.7 Å². The number of carbonyl (C=O) groups is 1. The van der Waals surface area contributed by atoms with Crippen molar-refractivity contribution in [2.24, 2.45) is 0 Å². The van der Waals surface area contributed by atoms with Crippen molar-refractivity contribution in [3.63, 3.8) is 0 Å². The van der Waals surface area contributed by atoms with Gasteiger partial charge in [-0.15, -0.1) is 0 Å². The molecule has 3 aromatic carbocycles. The first-order valence-corrected chi connectivity index (χ1v) is 13.4. The van der Waals surface area contributed by atoms with Gasteiger partial charge < -0.3 is 19.7 Å². The number of aliphatic hydroxyl groups excluding tert-OH is 1. The van der Waals surface area contributed by atoms with Crippen molar-refractivity contribution in [3.8, 4) is 11.1 Å². The minimum absolute atomic E-state index is 0.0178. The van der Waals surface area contributed by atoms with Crippen LogP contribution in [-0.4, -0.2) is 66.1 Å². The van der Waals surface area contributed by atoms with Gasteiger partial charge in [-0.25, -0.2) is 9.18 Å². The van der Waals surface area contributed by atoms with Crippen molar-refractivity contribution >= 4 is 5.97 Å². The summed E-state index contributed by atoms with van der Waals surface area (Å²) in [6.45, 7) is 6.88. The van der Waals surface area contributed by atoms with E-state index in [9.17, 15) is 19.4 Å². The summed E-state index contributed by atoms with van der Waals surface area (Å²) in [4.78, 5) is 13.6. The van der Waals surface area contributed by atoms with Crippen LogP contribution in [0.25, 0.3) is 11.1 Å². The van der Waals surface area contributed by atoms with Crippen LogP contribution < -0.4 is 0 Å². The van der Waals surface area contributed by atoms with E-state index in [0.29, 0.717) is 24.1 Å². The van der Waals surface area contributed by atoms with Gasteiger partial charge >= 0.3 is 5.97 Å². The molecule has 0 radical (unpaired) electrons. The van der Waals surface area contributed by atoms with Crippen LogP contribution in [0.5, 0.6) is 0 Å². The first-order chi connectivity index (χ1) is 18.7. The molecular weight excluding hydrogens is 497 g/mol. The predicted molar refractivity (Wildman–Crippen MR) is 150 cm³/mol. The van der Waals surface area contributed by atoms with Crippen LogP contribution in [-0.2, 0) is 15.9 Å². The number of carboxylic acids is 1. The lowest BCUT2D eigenvalue weighted by molar-refractivity contribution is -0.0219. The van der Waals surface area contributed by atoms with Gasteiger partial charge in [-0.05, 0) is 79.1 Å². The zero-order valence-corrected chi connectivity index (χ0v) is 23.1. The van der Waals surface area contributed by atoms with Gasteiger partial charge in [0.25, 0.3) is 0 Å². The van der Waals surface area contributed by atoms with Crippen molar-refractivity contribution < 1.29 is 28.9 Å². The van der Waals surface area contributed by atoms with Gasteiger partial charge in [0.05, 0.1) is 30.5 Å². The number of β-amino-alcohol motifs (C(OH)–C–C–N with tert-alkyl or cyclic N) is 1. The minimum atomic E-state index is -0.943. The van der Waals surface area contributed by atoms with E-state index in [2.05, 4.69) is 4.90 Å². The number of hydrogen-bond donors (Lipinski definition) is 2. The lowest BCUT2D eigenvalue weighted by atomic mass is 9.94. The molecule has 0 amide bonds. The Morgan fingerprint density at radius 1 is 1.10 bits per heavy atom. The molecule has 1 heterocycles. The van der Waals surface area contributed by atoms with E-state index in [1.807, 2.05) is 49.4 Å². The molecule has 1 fully saturated rings. The largest absolute Gasteiger partial charge is 0.478 e. The summed E-state index contributed by atoms with van der Waals surface area (Å²) < 4.78 is 26.0. The summed E-state index contributed by atoms with van der Waals surface area (Å²) in [7, 11) is 1.70. The number of methoxy groups -OCH3 is 1. The Balaban J connectivity index is 1.40. The maximum absolute atomic E-state index is 14.1. The highest BCUT2D eigenvalue weighted by molar-refractivity contribution is 5.90. The van der Waals surface area contributed by atoms with Crippen molar-refractivity contribution in [2.45, 2.75) is 58.0 Å². The maximum Gasteiger partial charge on any atom is 0.335 e. The number of benzene rings is 3. The van der Waals surface area contributed by atoms with Crippen LogP contribution in [0, 0.1) is 19.7 Å². The molecule has 4 rings (SSSR count). The van der Waals surface area contributed by atoms with Gasteiger partial charge in [0.1, 0.15) is 5.82 Å². The molecule has 1 aliphatic heterocycles. The van der Waals surface area contributed by atoms with E-state index in [1.165, 1.54) is 0 Å². The molecule has 7 heteroatoms. The second kappa shape index (κ2) is 12.8. The minimum Gasteiger partial charge on any atom is -0.478 e. The third-order valence-electron chi connectivity index (χ3n) is 7.73. The molecule has 0 spiro atoms. The first-order valence-electron chi connectivity index (χ1n) is 13.4. The zero-order chi connectivity index (χ0) is 28.1. The average Bonchev–Trinajstić information content (AvgIpc) is 3.29. The second-order valence-electron chi connectivity index (χ2n) is 10.5. The topological polar surface area (TPSA) is 79.2 Å². The third kappa shape index (κ3) is 6.92. The van der Waals surface area contributed by atoms with Crippen LogP contribution in [0.4, 0.5) is 4.39 Å². The van der Waals surface area contributed by atoms with Gasteiger partial charge in [0.15, 0.2) is 0 Å². The Kier molecular flexibility index (Phi) is 9.51. The molecule has 1 aliphatic rings. The van der Waals surface area contributed by atoms with Crippen LogP contribution in [0.3, 0.4) is 0 Å². The molecule has 1 saturated heterocycles. The second-order valence-corrected chi connectivity index (χ2v) is 10.5. The Morgan fingerprint density at radius 2 is 1.87 bits per heavy atom. The lowest BCUT2D eigenvalue weighted by Crippen LogP contribution is -2.43. The van der Waals surface area contributed by atoms with Crippen molar-refractivity contribution in [1.29, 1.82) is 0 Å². The Morgan fingerprint density at radius 3 is 2.56 bits per heavy atom. The zero-order valence-electron chi connectivity index (χ0n) is 23.1. The predicted octanol–water partition coefficient (Wildman–Crippen LogP) is 5.58. The van der Waals surface area contributed by atoms with Gasteiger partial charge in [0, 0.05) is 26.2 Å². The average molecular weight is 536 g/mol. The highest BCUT2D eigenvalue weighted by Gasteiger charge is 2.35. The van der Waals surface area contributed by atoms with Gasteiger partial charge in [-0.2, -0.15) is 0 Å². The molecule has 0 bridgehead atoms. The molecule has 208 valence electrons. The highest BCUT2D eigenvalue weighted by atomic mass is 19.1. The molecule has 3 aromatic rings. The molecule has 6 nitrogen and oxygen atoms in total. The SMILES string of the molecule is CO[C@H]1CCN(C[C@@H](O)CO[C@H](C)c2ccccc2-c2ccc(C(=O)O)c(C)c2)[C@@H]1Cc1ccc(C)c(F)c1. The quantitative estimate of drug-likeness (QED) is 0.334. The van der Waals surface area contributed by atoms with Crippen molar-refractivity contribution in [2.75, 3.05) is 26.8 Å². The highest BCUT2D eigenvalue weighted by Crippen LogP contribution is 2.32. The Labute approximate surface area is 230 Å². The summed E-state index contributed by atoms with van der Waals surface area (Å²) in [6, 6.07) is 18.6. The number of hydrogen-bond acceptors (Lipinski definition) is 5. The monoisotopic (exact) mass is 535 g/mol. The number of aryl methyl sites for hydroxylation is 2. The smallest absolute Gasteiger partial charge is 0.335 e. The molecule has 0 aliphatic carbocycles. The number of likely N-dealkylation sites (tertiary alicyclic amines) is 1. The molecule has 4 atom stereocenters. The van der Waals surface area contributed by atoms with E-state index < -0.39 is 12.1 Å². The Bertz CT molecular complexity index is 1300. The van der Waals surface area contributed by atoms with Gasteiger partial charge in [-0.3, -0.25) is 4.90 Å². The fourth-order valence-electron chi connectivity index (χ4n) is 5.51. The van der Waals surface area contributed by atoms with E-state index in [1.54, 1.807) is 39.2 Å². The Hall–Kier alpha value is -3.10. The summed E-state index contributed by atoms with van der Waals surface area (Å²) in [6.07, 6.45) is 0.529. The number of ether oxygens (including phenoxy) is 2. The van der Waals surface area contributed by atoms with Crippen molar-refractivity contribution in [1.82, 2.24) is 4.90 Å². The van der Waals surface area contributed by atoms with Crippen LogP contribution in [0.1, 0.15) is 52.1 Å². The van der Waals surface area contributed by atoms with Gasteiger partial charge in [-0.1, -0.05) is 48.5 Å². The number of halogens is 1. The summed E-state index contributed by atoms with van der Waals surface area (Å²) >= 11 is 0. The number of rotatable bonds is 11. The van der Waals surface area contributed by atoms with E-state index in [4.69, 9.17) is 9.47 Å². The molecular formula is C32H38FNO5. The van der Waals surface area contributed by atoms with Crippen molar-refractivity contribution in [3.05, 3.63) is 94.3 Å². The van der Waals surface area contributed by atoms with Crippen LogP contribution >= 0.6 is 0 Å². The summed E-state index contributed by atoms with van der Waals surface area (Å²) in [5.74, 6) is -1.15. The first kappa shape index (κ1) is 28.9. The molecule has 39 heavy (non-hydrogen) atoms. The molecule has 2 N–H and O–H groups in total. The summed E-state index contributed by atoms with van der Waals surface area (Å²) in [5.41, 5.74) is 5.37. The lowest BCUT2D eigenvalue weighted by Gasteiger charge is -2.30. The number of aliphatic hydroxyl groups is 1. The normalized spacial score (nSPS) is 19.2.